The monoisotopic (exact) mass is 155 g/mol. The zero-order chi connectivity index (χ0) is 8.27. The van der Waals surface area contributed by atoms with Gasteiger partial charge in [0.05, 0.1) is 12.6 Å². The molecule has 1 atom stereocenters. The van der Waals surface area contributed by atoms with Gasteiger partial charge in [0.1, 0.15) is 0 Å². The Kier molecular flexibility index (Phi) is 2.35. The molecule has 0 saturated carbocycles. The molecule has 5 heteroatoms. The summed E-state index contributed by atoms with van der Waals surface area (Å²) < 4.78 is 0. The molecule has 1 aromatic heterocycles. The molecule has 1 aromatic rings. The Labute approximate surface area is 62.9 Å². The minimum atomic E-state index is -0.473. The quantitative estimate of drug-likeness (QED) is 0.498. The molecule has 0 aliphatic carbocycles. The lowest BCUT2D eigenvalue weighted by Crippen LogP contribution is -2.18. The van der Waals surface area contributed by atoms with Gasteiger partial charge in [-0.2, -0.15) is 0 Å². The highest BCUT2D eigenvalue weighted by atomic mass is 16.3. The van der Waals surface area contributed by atoms with Gasteiger partial charge in [0.2, 0.25) is 0 Å². The van der Waals surface area contributed by atoms with Crippen LogP contribution in [0, 0.1) is 0 Å². The summed E-state index contributed by atoms with van der Waals surface area (Å²) in [5.74, 6) is 0. The van der Waals surface area contributed by atoms with Gasteiger partial charge in [0, 0.05) is 18.0 Å². The smallest absolute Gasteiger partial charge is 0.344 e. The van der Waals surface area contributed by atoms with Crippen molar-refractivity contribution in [2.24, 2.45) is 5.73 Å². The molecule has 0 bridgehead atoms. The minimum Gasteiger partial charge on any atom is -0.394 e. The summed E-state index contributed by atoms with van der Waals surface area (Å²) in [5, 5.41) is 8.61. The van der Waals surface area contributed by atoms with Crippen molar-refractivity contribution in [2.45, 2.75) is 6.04 Å². The second-order valence-electron chi connectivity index (χ2n) is 2.14. The van der Waals surface area contributed by atoms with Crippen LogP contribution >= 0.6 is 0 Å². The van der Waals surface area contributed by atoms with E-state index in [1.165, 1.54) is 12.4 Å². The van der Waals surface area contributed by atoms with Gasteiger partial charge in [-0.1, -0.05) is 0 Å². The Bertz CT molecular complexity index is 263. The molecule has 0 fully saturated rings. The Morgan fingerprint density at radius 3 is 3.00 bits per heavy atom. The summed E-state index contributed by atoms with van der Waals surface area (Å²) in [6.45, 7) is -0.159. The molecule has 1 rings (SSSR count). The molecular formula is C6H9N3O2. The lowest BCUT2D eigenvalue weighted by Gasteiger charge is -2.05. The lowest BCUT2D eigenvalue weighted by atomic mass is 10.2. The van der Waals surface area contributed by atoms with Crippen molar-refractivity contribution in [3.05, 3.63) is 28.4 Å². The van der Waals surface area contributed by atoms with Gasteiger partial charge in [0.25, 0.3) is 0 Å². The largest absolute Gasteiger partial charge is 0.394 e. The van der Waals surface area contributed by atoms with Gasteiger partial charge in [-0.05, 0) is 0 Å². The first kappa shape index (κ1) is 7.90. The molecule has 1 unspecified atom stereocenters. The van der Waals surface area contributed by atoms with Crippen molar-refractivity contribution >= 4 is 0 Å². The third-order valence-electron chi connectivity index (χ3n) is 1.32. The van der Waals surface area contributed by atoms with Gasteiger partial charge < -0.3 is 15.8 Å². The van der Waals surface area contributed by atoms with Crippen molar-refractivity contribution in [3.8, 4) is 0 Å². The van der Waals surface area contributed by atoms with Crippen molar-refractivity contribution in [1.29, 1.82) is 0 Å². The van der Waals surface area contributed by atoms with E-state index >= 15 is 0 Å². The lowest BCUT2D eigenvalue weighted by molar-refractivity contribution is 0.267. The van der Waals surface area contributed by atoms with Crippen molar-refractivity contribution in [3.63, 3.8) is 0 Å². The van der Waals surface area contributed by atoms with E-state index in [4.69, 9.17) is 10.8 Å². The van der Waals surface area contributed by atoms with E-state index in [1.807, 2.05) is 0 Å². The Hall–Kier alpha value is -1.20. The molecule has 0 spiro atoms. The first-order chi connectivity index (χ1) is 5.24. The highest BCUT2D eigenvalue weighted by Crippen LogP contribution is 2.02. The van der Waals surface area contributed by atoms with Crippen molar-refractivity contribution < 1.29 is 5.11 Å². The van der Waals surface area contributed by atoms with E-state index in [-0.39, 0.29) is 6.61 Å². The molecule has 0 aliphatic rings. The summed E-state index contributed by atoms with van der Waals surface area (Å²) in [4.78, 5) is 16.3. The highest BCUT2D eigenvalue weighted by molar-refractivity contribution is 5.07. The number of nitrogens with zero attached hydrogens (tertiary/aromatic N) is 1. The fourth-order valence-corrected chi connectivity index (χ4v) is 0.661. The first-order valence-corrected chi connectivity index (χ1v) is 3.15. The van der Waals surface area contributed by atoms with Gasteiger partial charge in [-0.3, -0.25) is 0 Å². The van der Waals surface area contributed by atoms with Gasteiger partial charge in [-0.25, -0.2) is 9.78 Å². The number of hydrogen-bond acceptors (Lipinski definition) is 4. The molecular weight excluding hydrogens is 146 g/mol. The molecule has 0 amide bonds. The molecule has 5 nitrogen and oxygen atoms in total. The number of aliphatic hydroxyl groups is 1. The predicted molar refractivity (Wildman–Crippen MR) is 38.9 cm³/mol. The fourth-order valence-electron chi connectivity index (χ4n) is 0.661. The van der Waals surface area contributed by atoms with E-state index < -0.39 is 11.7 Å². The van der Waals surface area contributed by atoms with Crippen LogP contribution in [-0.4, -0.2) is 21.7 Å². The molecule has 60 valence electrons. The second kappa shape index (κ2) is 3.27. The highest BCUT2D eigenvalue weighted by Gasteiger charge is 2.02. The summed E-state index contributed by atoms with van der Waals surface area (Å²) in [5.41, 5.74) is 5.63. The van der Waals surface area contributed by atoms with Gasteiger partial charge in [-0.15, -0.1) is 0 Å². The number of H-pyrrole nitrogens is 1. The summed E-state index contributed by atoms with van der Waals surface area (Å²) in [6, 6.07) is -0.473. The van der Waals surface area contributed by atoms with Gasteiger partial charge in [0.15, 0.2) is 0 Å². The summed E-state index contributed by atoms with van der Waals surface area (Å²) in [7, 11) is 0. The van der Waals surface area contributed by atoms with Gasteiger partial charge >= 0.3 is 5.69 Å². The normalized spacial score (nSPS) is 12.9. The Morgan fingerprint density at radius 1 is 1.82 bits per heavy atom. The van der Waals surface area contributed by atoms with Crippen LogP contribution in [0.5, 0.6) is 0 Å². The van der Waals surface area contributed by atoms with Crippen LogP contribution in [0.25, 0.3) is 0 Å². The maximum absolute atomic E-state index is 10.5. The number of nitrogens with two attached hydrogens (primary N) is 1. The van der Waals surface area contributed by atoms with E-state index in [2.05, 4.69) is 9.97 Å². The number of aliphatic hydroxyl groups excluding tert-OH is 1. The number of nitrogens with one attached hydrogen (secondary N) is 1. The fraction of sp³-hybridized carbons (Fsp3) is 0.333. The van der Waals surface area contributed by atoms with Crippen LogP contribution in [0.1, 0.15) is 11.6 Å². The summed E-state index contributed by atoms with van der Waals surface area (Å²) >= 11 is 0. The van der Waals surface area contributed by atoms with Crippen molar-refractivity contribution in [2.75, 3.05) is 6.61 Å². The Morgan fingerprint density at radius 2 is 2.55 bits per heavy atom. The maximum atomic E-state index is 10.5. The number of aromatic nitrogens is 2. The topological polar surface area (TPSA) is 92.0 Å². The van der Waals surface area contributed by atoms with Crippen LogP contribution in [0.4, 0.5) is 0 Å². The zero-order valence-electron chi connectivity index (χ0n) is 5.82. The molecule has 1 heterocycles. The molecule has 11 heavy (non-hydrogen) atoms. The van der Waals surface area contributed by atoms with E-state index in [9.17, 15) is 4.79 Å². The standard InChI is InChI=1S/C6H9N3O2/c7-5(3-10)4-1-8-6(11)9-2-4/h1-2,5,10H,3,7H2,(H,8,9,11). The van der Waals surface area contributed by atoms with Crippen molar-refractivity contribution in [1.82, 2.24) is 9.97 Å². The molecule has 0 radical (unpaired) electrons. The molecule has 0 saturated heterocycles. The van der Waals surface area contributed by atoms with E-state index in [0.29, 0.717) is 5.56 Å². The Balaban J connectivity index is 2.89. The maximum Gasteiger partial charge on any atom is 0.344 e. The van der Waals surface area contributed by atoms with E-state index in [1.54, 1.807) is 0 Å². The molecule has 0 aliphatic heterocycles. The van der Waals surface area contributed by atoms with Crippen LogP contribution in [0.3, 0.4) is 0 Å². The minimum absolute atomic E-state index is 0.159. The molecule has 0 aromatic carbocycles. The zero-order valence-corrected chi connectivity index (χ0v) is 5.82. The summed E-state index contributed by atoms with van der Waals surface area (Å²) in [6.07, 6.45) is 2.79. The SMILES string of the molecule is NC(CO)c1cnc(=O)[nH]c1. The first-order valence-electron chi connectivity index (χ1n) is 3.15. The average molecular weight is 155 g/mol. The second-order valence-corrected chi connectivity index (χ2v) is 2.14. The van der Waals surface area contributed by atoms with E-state index in [0.717, 1.165) is 0 Å². The van der Waals surface area contributed by atoms with Crippen LogP contribution < -0.4 is 11.4 Å². The third-order valence-corrected chi connectivity index (χ3v) is 1.32. The van der Waals surface area contributed by atoms with Crippen LogP contribution in [-0.2, 0) is 0 Å². The van der Waals surface area contributed by atoms with Crippen LogP contribution in [0.15, 0.2) is 17.2 Å². The molecule has 4 N–H and O–H groups in total. The predicted octanol–water partition coefficient (Wildman–Crippen LogP) is -1.24. The number of aromatic amines is 1. The number of rotatable bonds is 2. The third kappa shape index (κ3) is 1.86. The average Bonchev–Trinajstić information content (AvgIpc) is 2.05. The van der Waals surface area contributed by atoms with Crippen LogP contribution in [0.2, 0.25) is 0 Å². The number of hydrogen-bond donors (Lipinski definition) is 3.